The smallest absolute Gasteiger partial charge is 0.326 e. The lowest BCUT2D eigenvalue weighted by atomic mass is 10.1. The van der Waals surface area contributed by atoms with E-state index in [1.165, 1.54) is 0 Å². The molecule has 0 heterocycles. The van der Waals surface area contributed by atoms with Gasteiger partial charge in [-0.05, 0) is 18.1 Å². The van der Waals surface area contributed by atoms with Crippen molar-refractivity contribution in [3.05, 3.63) is 35.4 Å². The molecule has 1 aromatic carbocycles. The summed E-state index contributed by atoms with van der Waals surface area (Å²) in [6.07, 6.45) is 2.08. The predicted octanol–water partition coefficient (Wildman–Crippen LogP) is 2.21. The topological polar surface area (TPSA) is 75.6 Å². The standard InChI is InChI=1S/C15H21NO4/c1-3-4-9-13(15(18)19)16-14(17)12-8-6-5-7-11(12)10-20-2/h5-8,13H,3-4,9-10H2,1-2H3,(H,16,17)(H,18,19)/t13-/m0/s1. The summed E-state index contributed by atoms with van der Waals surface area (Å²) in [6.45, 7) is 2.30. The van der Waals surface area contributed by atoms with Crippen LogP contribution in [0.25, 0.3) is 0 Å². The number of carbonyl (C=O) groups excluding carboxylic acids is 1. The highest BCUT2D eigenvalue weighted by atomic mass is 16.5. The highest BCUT2D eigenvalue weighted by molar-refractivity contribution is 5.97. The Kier molecular flexibility index (Phi) is 6.73. The number of methoxy groups -OCH3 is 1. The number of nitrogens with one attached hydrogen (secondary N) is 1. The van der Waals surface area contributed by atoms with Gasteiger partial charge in [-0.25, -0.2) is 4.79 Å². The van der Waals surface area contributed by atoms with Gasteiger partial charge >= 0.3 is 5.97 Å². The van der Waals surface area contributed by atoms with Crippen LogP contribution in [0.1, 0.15) is 42.1 Å². The molecule has 0 bridgehead atoms. The van der Waals surface area contributed by atoms with E-state index in [0.717, 1.165) is 18.4 Å². The Labute approximate surface area is 118 Å². The van der Waals surface area contributed by atoms with Crippen LogP contribution < -0.4 is 5.32 Å². The van der Waals surface area contributed by atoms with E-state index in [9.17, 15) is 9.59 Å². The summed E-state index contributed by atoms with van der Waals surface area (Å²) in [4.78, 5) is 23.3. The van der Waals surface area contributed by atoms with Crippen LogP contribution in [0.5, 0.6) is 0 Å². The number of hydrogen-bond donors (Lipinski definition) is 2. The average molecular weight is 279 g/mol. The second kappa shape index (κ2) is 8.32. The van der Waals surface area contributed by atoms with E-state index in [0.29, 0.717) is 18.6 Å². The van der Waals surface area contributed by atoms with Crippen LogP contribution in [-0.4, -0.2) is 30.1 Å². The number of unbranched alkanes of at least 4 members (excludes halogenated alkanes) is 1. The number of ether oxygens (including phenoxy) is 1. The Hall–Kier alpha value is -1.88. The van der Waals surface area contributed by atoms with Gasteiger partial charge in [0.25, 0.3) is 5.91 Å². The van der Waals surface area contributed by atoms with Crippen molar-refractivity contribution in [2.75, 3.05) is 7.11 Å². The molecule has 0 aliphatic heterocycles. The van der Waals surface area contributed by atoms with Crippen molar-refractivity contribution in [1.29, 1.82) is 0 Å². The Morgan fingerprint density at radius 3 is 2.65 bits per heavy atom. The number of carboxylic acids is 1. The molecule has 1 atom stereocenters. The van der Waals surface area contributed by atoms with Crippen LogP contribution in [0.3, 0.4) is 0 Å². The average Bonchev–Trinajstić information content (AvgIpc) is 2.43. The minimum absolute atomic E-state index is 0.316. The fourth-order valence-corrected chi connectivity index (χ4v) is 1.92. The van der Waals surface area contributed by atoms with Gasteiger partial charge in [0.05, 0.1) is 6.61 Å². The molecule has 0 aromatic heterocycles. The maximum absolute atomic E-state index is 12.2. The molecule has 0 aliphatic carbocycles. The van der Waals surface area contributed by atoms with Gasteiger partial charge in [0.15, 0.2) is 0 Å². The molecule has 5 nitrogen and oxygen atoms in total. The van der Waals surface area contributed by atoms with Crippen molar-refractivity contribution in [3.8, 4) is 0 Å². The van der Waals surface area contributed by atoms with Gasteiger partial charge in [0, 0.05) is 12.7 Å². The molecule has 1 aromatic rings. The quantitative estimate of drug-likeness (QED) is 0.765. The molecule has 5 heteroatoms. The third-order valence-electron chi connectivity index (χ3n) is 3.01. The Bertz CT molecular complexity index is 459. The maximum atomic E-state index is 12.2. The summed E-state index contributed by atoms with van der Waals surface area (Å²) in [5, 5.41) is 11.7. The van der Waals surface area contributed by atoms with Crippen LogP contribution in [0, 0.1) is 0 Å². The SMILES string of the molecule is CCCC[C@H](NC(=O)c1ccccc1COC)C(=O)O. The van der Waals surface area contributed by atoms with Gasteiger partial charge < -0.3 is 15.2 Å². The van der Waals surface area contributed by atoms with E-state index in [-0.39, 0.29) is 5.91 Å². The first kappa shape index (κ1) is 16.2. The van der Waals surface area contributed by atoms with E-state index >= 15 is 0 Å². The number of rotatable bonds is 8. The molecule has 1 rings (SSSR count). The molecule has 0 fully saturated rings. The molecule has 0 aliphatic rings. The van der Waals surface area contributed by atoms with Gasteiger partial charge in [-0.1, -0.05) is 38.0 Å². The zero-order valence-corrected chi connectivity index (χ0v) is 11.9. The third kappa shape index (κ3) is 4.66. The third-order valence-corrected chi connectivity index (χ3v) is 3.01. The molecular formula is C15H21NO4. The minimum atomic E-state index is -1.00. The zero-order chi connectivity index (χ0) is 15.0. The van der Waals surface area contributed by atoms with Crippen molar-refractivity contribution in [3.63, 3.8) is 0 Å². The molecule has 0 radical (unpaired) electrons. The van der Waals surface area contributed by atoms with Crippen LogP contribution >= 0.6 is 0 Å². The highest BCUT2D eigenvalue weighted by Crippen LogP contribution is 2.11. The second-order valence-corrected chi connectivity index (χ2v) is 4.60. The fourth-order valence-electron chi connectivity index (χ4n) is 1.92. The van der Waals surface area contributed by atoms with Crippen molar-refractivity contribution in [1.82, 2.24) is 5.32 Å². The summed E-state index contributed by atoms with van der Waals surface area (Å²) in [6, 6.07) is 6.17. The first-order valence-corrected chi connectivity index (χ1v) is 6.70. The largest absolute Gasteiger partial charge is 0.480 e. The minimum Gasteiger partial charge on any atom is -0.480 e. The van der Waals surface area contributed by atoms with Crippen molar-refractivity contribution in [2.24, 2.45) is 0 Å². The predicted molar refractivity (Wildman–Crippen MR) is 75.6 cm³/mol. The summed E-state index contributed by atoms with van der Waals surface area (Å²) in [5.74, 6) is -1.38. The Morgan fingerprint density at radius 2 is 2.05 bits per heavy atom. The molecule has 0 spiro atoms. The van der Waals surface area contributed by atoms with Gasteiger partial charge in [-0.3, -0.25) is 4.79 Å². The zero-order valence-electron chi connectivity index (χ0n) is 11.9. The lowest BCUT2D eigenvalue weighted by Gasteiger charge is -2.15. The van der Waals surface area contributed by atoms with Crippen LogP contribution in [0.4, 0.5) is 0 Å². The van der Waals surface area contributed by atoms with Gasteiger partial charge in [-0.2, -0.15) is 0 Å². The lowest BCUT2D eigenvalue weighted by Crippen LogP contribution is -2.41. The molecule has 20 heavy (non-hydrogen) atoms. The van der Waals surface area contributed by atoms with E-state index in [4.69, 9.17) is 9.84 Å². The van der Waals surface area contributed by atoms with Gasteiger partial charge in [0.2, 0.25) is 0 Å². The summed E-state index contributed by atoms with van der Waals surface area (Å²) < 4.78 is 5.04. The molecule has 2 N–H and O–H groups in total. The number of carboxylic acid groups (broad SMARTS) is 1. The second-order valence-electron chi connectivity index (χ2n) is 4.60. The van der Waals surface area contributed by atoms with Gasteiger partial charge in [0.1, 0.15) is 6.04 Å². The molecule has 0 saturated carbocycles. The van der Waals surface area contributed by atoms with Crippen LogP contribution in [0.2, 0.25) is 0 Å². The maximum Gasteiger partial charge on any atom is 0.326 e. The summed E-state index contributed by atoms with van der Waals surface area (Å²) in [5.41, 5.74) is 1.20. The number of amides is 1. The van der Waals surface area contributed by atoms with E-state index in [2.05, 4.69) is 5.32 Å². The molecular weight excluding hydrogens is 258 g/mol. The summed E-state index contributed by atoms with van der Waals surface area (Å²) in [7, 11) is 1.55. The normalized spacial score (nSPS) is 11.9. The first-order valence-electron chi connectivity index (χ1n) is 6.70. The molecule has 0 unspecified atom stereocenters. The van der Waals surface area contributed by atoms with Crippen molar-refractivity contribution < 1.29 is 19.4 Å². The van der Waals surface area contributed by atoms with Crippen LogP contribution in [-0.2, 0) is 16.1 Å². The van der Waals surface area contributed by atoms with Crippen molar-refractivity contribution in [2.45, 2.75) is 38.8 Å². The number of hydrogen-bond acceptors (Lipinski definition) is 3. The first-order chi connectivity index (χ1) is 9.60. The monoisotopic (exact) mass is 279 g/mol. The van der Waals surface area contributed by atoms with Gasteiger partial charge in [-0.15, -0.1) is 0 Å². The van der Waals surface area contributed by atoms with E-state index in [1.807, 2.05) is 13.0 Å². The van der Waals surface area contributed by atoms with E-state index in [1.54, 1.807) is 25.3 Å². The molecule has 0 saturated heterocycles. The highest BCUT2D eigenvalue weighted by Gasteiger charge is 2.21. The number of aliphatic carboxylic acids is 1. The van der Waals surface area contributed by atoms with Crippen LogP contribution in [0.15, 0.2) is 24.3 Å². The van der Waals surface area contributed by atoms with E-state index < -0.39 is 12.0 Å². The molecule has 1 amide bonds. The Morgan fingerprint density at radius 1 is 1.35 bits per heavy atom. The lowest BCUT2D eigenvalue weighted by molar-refractivity contribution is -0.139. The Balaban J connectivity index is 2.80. The fraction of sp³-hybridized carbons (Fsp3) is 0.467. The van der Waals surface area contributed by atoms with Crippen molar-refractivity contribution >= 4 is 11.9 Å². The summed E-state index contributed by atoms with van der Waals surface area (Å²) >= 11 is 0. The number of benzene rings is 1. The molecule has 110 valence electrons. The number of carbonyl (C=O) groups is 2.